The summed E-state index contributed by atoms with van der Waals surface area (Å²) in [5, 5.41) is 0. The fourth-order valence-corrected chi connectivity index (χ4v) is 1.47. The van der Waals surface area contributed by atoms with Crippen LogP contribution in [0, 0.1) is 0 Å². The summed E-state index contributed by atoms with van der Waals surface area (Å²) in [6.45, 7) is 13.7. The summed E-state index contributed by atoms with van der Waals surface area (Å²) >= 11 is 0. The minimum Gasteiger partial charge on any atom is -0.305 e. The van der Waals surface area contributed by atoms with E-state index in [1.807, 2.05) is 19.9 Å². The van der Waals surface area contributed by atoms with Crippen molar-refractivity contribution in [1.82, 2.24) is 9.80 Å². The van der Waals surface area contributed by atoms with Gasteiger partial charge in [-0.25, -0.2) is 0 Å². The van der Waals surface area contributed by atoms with Gasteiger partial charge in [0.1, 0.15) is 0 Å². The molecule has 1 fully saturated rings. The zero-order valence-corrected chi connectivity index (χ0v) is 9.42. The predicted octanol–water partition coefficient (Wildman–Crippen LogP) is 1.84. The van der Waals surface area contributed by atoms with Crippen LogP contribution in [-0.4, -0.2) is 49.6 Å². The van der Waals surface area contributed by atoms with E-state index in [-0.39, 0.29) is 0 Å². The highest BCUT2D eigenvalue weighted by Gasteiger charge is 2.09. The Bertz CT molecular complexity index is 123. The van der Waals surface area contributed by atoms with Crippen LogP contribution in [0.4, 0.5) is 0 Å². The van der Waals surface area contributed by atoms with E-state index < -0.39 is 0 Å². The molecule has 1 heterocycles. The lowest BCUT2D eigenvalue weighted by molar-refractivity contribution is 0.300. The highest BCUT2D eigenvalue weighted by Crippen LogP contribution is 1.99. The first-order chi connectivity index (χ1) is 6.33. The third kappa shape index (κ3) is 5.83. The number of likely N-dealkylation sites (N-methyl/N-ethyl adjacent to an activating group) is 1. The van der Waals surface area contributed by atoms with Crippen molar-refractivity contribution in [3.8, 4) is 0 Å². The topological polar surface area (TPSA) is 6.48 Å². The zero-order valence-electron chi connectivity index (χ0n) is 9.42. The second-order valence-electron chi connectivity index (χ2n) is 3.25. The molecular weight excluding hydrogens is 160 g/mol. The van der Waals surface area contributed by atoms with Crippen molar-refractivity contribution < 1.29 is 0 Å². The Kier molecular flexibility index (Phi) is 8.05. The second-order valence-corrected chi connectivity index (χ2v) is 3.25. The lowest BCUT2D eigenvalue weighted by atomic mass is 10.4. The molecule has 13 heavy (non-hydrogen) atoms. The molecule has 0 radical (unpaired) electrons. The Morgan fingerprint density at radius 3 is 2.46 bits per heavy atom. The third-order valence-electron chi connectivity index (χ3n) is 2.20. The van der Waals surface area contributed by atoms with Crippen LogP contribution in [0.2, 0.25) is 0 Å². The lowest BCUT2D eigenvalue weighted by Gasteiger charge is -2.17. The number of rotatable bonds is 2. The molecule has 0 aromatic heterocycles. The maximum Gasteiger partial charge on any atom is 0.0161 e. The summed E-state index contributed by atoms with van der Waals surface area (Å²) in [7, 11) is 2.19. The maximum absolute atomic E-state index is 3.75. The van der Waals surface area contributed by atoms with Gasteiger partial charge in [0, 0.05) is 19.6 Å². The Labute approximate surface area is 83.2 Å². The zero-order chi connectivity index (χ0) is 10.1. The predicted molar refractivity (Wildman–Crippen MR) is 60.1 cm³/mol. The molecular formula is C11H24N2. The summed E-state index contributed by atoms with van der Waals surface area (Å²) in [6.07, 6.45) is 3.29. The van der Waals surface area contributed by atoms with Crippen molar-refractivity contribution >= 4 is 0 Å². The molecule has 1 aliphatic heterocycles. The minimum absolute atomic E-state index is 1.05. The van der Waals surface area contributed by atoms with Gasteiger partial charge in [0.05, 0.1) is 0 Å². The molecule has 0 aromatic carbocycles. The van der Waals surface area contributed by atoms with E-state index >= 15 is 0 Å². The van der Waals surface area contributed by atoms with Gasteiger partial charge in [-0.05, 0) is 26.6 Å². The molecule has 0 bridgehead atoms. The molecule has 0 N–H and O–H groups in total. The van der Waals surface area contributed by atoms with Gasteiger partial charge in [0.2, 0.25) is 0 Å². The molecule has 1 saturated heterocycles. The first kappa shape index (κ1) is 12.7. The molecule has 0 unspecified atom stereocenters. The van der Waals surface area contributed by atoms with Crippen LogP contribution in [0.15, 0.2) is 12.7 Å². The van der Waals surface area contributed by atoms with E-state index in [9.17, 15) is 0 Å². The first-order valence-electron chi connectivity index (χ1n) is 5.34. The molecule has 1 aliphatic rings. The van der Waals surface area contributed by atoms with Gasteiger partial charge in [0.15, 0.2) is 0 Å². The van der Waals surface area contributed by atoms with E-state index in [2.05, 4.69) is 23.4 Å². The second kappa shape index (κ2) is 8.27. The quantitative estimate of drug-likeness (QED) is 0.604. The normalized spacial score (nSPS) is 19.9. The molecule has 1 rings (SSSR count). The van der Waals surface area contributed by atoms with Crippen LogP contribution in [0.1, 0.15) is 20.3 Å². The van der Waals surface area contributed by atoms with Gasteiger partial charge in [-0.15, -0.1) is 6.58 Å². The summed E-state index contributed by atoms with van der Waals surface area (Å²) in [5.41, 5.74) is 0. The van der Waals surface area contributed by atoms with Crippen LogP contribution >= 0.6 is 0 Å². The van der Waals surface area contributed by atoms with Crippen LogP contribution in [0.25, 0.3) is 0 Å². The maximum atomic E-state index is 3.75. The van der Waals surface area contributed by atoms with Crippen molar-refractivity contribution in [3.05, 3.63) is 12.7 Å². The Balaban J connectivity index is 0.000000671. The summed E-state index contributed by atoms with van der Waals surface area (Å²) in [5.74, 6) is 0. The van der Waals surface area contributed by atoms with E-state index in [4.69, 9.17) is 0 Å². The fourth-order valence-electron chi connectivity index (χ4n) is 1.47. The molecule has 0 amide bonds. The van der Waals surface area contributed by atoms with E-state index in [0.717, 1.165) is 6.54 Å². The van der Waals surface area contributed by atoms with E-state index in [1.54, 1.807) is 0 Å². The SMILES string of the molecule is C=CCN1CCCN(C)CC1.CC. The highest BCUT2D eigenvalue weighted by molar-refractivity contribution is 4.76. The van der Waals surface area contributed by atoms with Gasteiger partial charge in [0.25, 0.3) is 0 Å². The van der Waals surface area contributed by atoms with Gasteiger partial charge >= 0.3 is 0 Å². The molecule has 0 spiro atoms. The minimum atomic E-state index is 1.05. The molecule has 0 saturated carbocycles. The average Bonchev–Trinajstić information content (AvgIpc) is 2.36. The van der Waals surface area contributed by atoms with E-state index in [1.165, 1.54) is 32.6 Å². The van der Waals surface area contributed by atoms with Gasteiger partial charge in [-0.3, -0.25) is 4.90 Å². The standard InChI is InChI=1S/C9H18N2.C2H6/c1-3-5-11-7-4-6-10(2)8-9-11;1-2/h3H,1,4-9H2,2H3;1-2H3. The van der Waals surface area contributed by atoms with E-state index in [0.29, 0.717) is 0 Å². The van der Waals surface area contributed by atoms with Gasteiger partial charge < -0.3 is 4.90 Å². The molecule has 0 aromatic rings. The van der Waals surface area contributed by atoms with Gasteiger partial charge in [-0.1, -0.05) is 19.9 Å². The summed E-state index contributed by atoms with van der Waals surface area (Å²) < 4.78 is 0. The Morgan fingerprint density at radius 2 is 1.85 bits per heavy atom. The monoisotopic (exact) mass is 184 g/mol. The van der Waals surface area contributed by atoms with Crippen LogP contribution in [0.5, 0.6) is 0 Å². The first-order valence-corrected chi connectivity index (χ1v) is 5.34. The molecule has 78 valence electrons. The average molecular weight is 184 g/mol. The smallest absolute Gasteiger partial charge is 0.0161 e. The molecule has 2 nitrogen and oxygen atoms in total. The summed E-state index contributed by atoms with van der Waals surface area (Å²) in [4.78, 5) is 4.85. The van der Waals surface area contributed by atoms with Crippen molar-refractivity contribution in [2.75, 3.05) is 39.8 Å². The highest BCUT2D eigenvalue weighted by atomic mass is 15.2. The lowest BCUT2D eigenvalue weighted by Crippen LogP contribution is -2.28. The van der Waals surface area contributed by atoms with Crippen molar-refractivity contribution in [3.63, 3.8) is 0 Å². The largest absolute Gasteiger partial charge is 0.305 e. The van der Waals surface area contributed by atoms with Gasteiger partial charge in [-0.2, -0.15) is 0 Å². The fraction of sp³-hybridized carbons (Fsp3) is 0.818. The van der Waals surface area contributed by atoms with Crippen molar-refractivity contribution in [2.24, 2.45) is 0 Å². The van der Waals surface area contributed by atoms with Crippen LogP contribution in [-0.2, 0) is 0 Å². The van der Waals surface area contributed by atoms with Crippen molar-refractivity contribution in [1.29, 1.82) is 0 Å². The number of hydrogen-bond acceptors (Lipinski definition) is 2. The van der Waals surface area contributed by atoms with Crippen molar-refractivity contribution in [2.45, 2.75) is 20.3 Å². The Hall–Kier alpha value is -0.340. The Morgan fingerprint density at radius 1 is 1.15 bits per heavy atom. The third-order valence-corrected chi connectivity index (χ3v) is 2.20. The summed E-state index contributed by atoms with van der Waals surface area (Å²) in [6, 6.07) is 0. The van der Waals surface area contributed by atoms with Crippen LogP contribution in [0.3, 0.4) is 0 Å². The molecule has 0 aliphatic carbocycles. The number of hydrogen-bond donors (Lipinski definition) is 0. The van der Waals surface area contributed by atoms with Crippen LogP contribution < -0.4 is 0 Å². The molecule has 0 atom stereocenters. The molecule has 2 heteroatoms. The number of nitrogens with zero attached hydrogens (tertiary/aromatic N) is 2.